The zero-order valence-electron chi connectivity index (χ0n) is 12.0. The first-order valence-corrected chi connectivity index (χ1v) is 6.61. The van der Waals surface area contributed by atoms with E-state index in [1.165, 1.54) is 5.56 Å². The van der Waals surface area contributed by atoms with Crippen molar-refractivity contribution < 1.29 is 0 Å². The molecule has 0 atom stereocenters. The van der Waals surface area contributed by atoms with Gasteiger partial charge in [0.1, 0.15) is 11.5 Å². The normalized spacial score (nSPS) is 20.4. The molecule has 1 aliphatic rings. The number of hydrogen-bond donors (Lipinski definition) is 2. The summed E-state index contributed by atoms with van der Waals surface area (Å²) >= 11 is 0. The van der Waals surface area contributed by atoms with Crippen molar-refractivity contribution in [1.29, 1.82) is 5.41 Å². The summed E-state index contributed by atoms with van der Waals surface area (Å²) in [7, 11) is 2.18. The van der Waals surface area contributed by atoms with Gasteiger partial charge in [-0.15, -0.1) is 0 Å². The van der Waals surface area contributed by atoms with E-state index in [0.29, 0.717) is 5.69 Å². The highest BCUT2D eigenvalue weighted by atomic mass is 15.3. The minimum Gasteiger partial charge on any atom is -0.382 e. The van der Waals surface area contributed by atoms with Crippen molar-refractivity contribution in [1.82, 2.24) is 14.8 Å². The lowest BCUT2D eigenvalue weighted by molar-refractivity contribution is 0.0360. The van der Waals surface area contributed by atoms with E-state index in [4.69, 9.17) is 11.1 Å². The molecule has 1 fully saturated rings. The molecule has 0 radical (unpaired) electrons. The molecule has 19 heavy (non-hydrogen) atoms. The van der Waals surface area contributed by atoms with E-state index in [0.717, 1.165) is 26.2 Å². The van der Waals surface area contributed by atoms with Gasteiger partial charge in [-0.1, -0.05) is 0 Å². The third kappa shape index (κ3) is 3.30. The molecule has 1 aromatic rings. The highest BCUT2D eigenvalue weighted by Gasteiger charge is 2.30. The number of hydrogen-bond acceptors (Lipinski definition) is 4. The summed E-state index contributed by atoms with van der Waals surface area (Å²) in [6.07, 6.45) is 1.73. The summed E-state index contributed by atoms with van der Waals surface area (Å²) < 4.78 is 0. The number of nitrogen functional groups attached to an aromatic ring is 1. The van der Waals surface area contributed by atoms with E-state index in [2.05, 4.69) is 35.7 Å². The van der Waals surface area contributed by atoms with Crippen molar-refractivity contribution in [3.8, 4) is 0 Å². The molecule has 5 heteroatoms. The van der Waals surface area contributed by atoms with Gasteiger partial charge in [0.2, 0.25) is 0 Å². The highest BCUT2D eigenvalue weighted by Crippen LogP contribution is 2.20. The van der Waals surface area contributed by atoms with Crippen LogP contribution >= 0.6 is 0 Å². The van der Waals surface area contributed by atoms with Gasteiger partial charge in [-0.2, -0.15) is 0 Å². The van der Waals surface area contributed by atoms with Gasteiger partial charge in [-0.05, 0) is 38.6 Å². The van der Waals surface area contributed by atoms with E-state index in [1.807, 2.05) is 12.1 Å². The van der Waals surface area contributed by atoms with Gasteiger partial charge in [-0.25, -0.2) is 0 Å². The first-order chi connectivity index (χ1) is 8.88. The quantitative estimate of drug-likeness (QED) is 0.626. The lowest BCUT2D eigenvalue weighted by Gasteiger charge is -2.45. The Balaban J connectivity index is 2.05. The smallest absolute Gasteiger partial charge is 0.141 e. The monoisotopic (exact) mass is 261 g/mol. The maximum Gasteiger partial charge on any atom is 0.141 e. The van der Waals surface area contributed by atoms with Gasteiger partial charge in [0.05, 0.1) is 0 Å². The van der Waals surface area contributed by atoms with Crippen molar-refractivity contribution in [3.05, 3.63) is 29.6 Å². The van der Waals surface area contributed by atoms with Crippen LogP contribution in [0.25, 0.3) is 0 Å². The van der Waals surface area contributed by atoms with Gasteiger partial charge in [-0.3, -0.25) is 20.2 Å². The van der Waals surface area contributed by atoms with Crippen LogP contribution in [-0.2, 0) is 6.54 Å². The second-order valence-corrected chi connectivity index (χ2v) is 5.91. The Morgan fingerprint density at radius 3 is 2.84 bits per heavy atom. The molecule has 0 bridgehead atoms. The first-order valence-electron chi connectivity index (χ1n) is 6.61. The summed E-state index contributed by atoms with van der Waals surface area (Å²) in [6, 6.07) is 3.91. The molecule has 0 unspecified atom stereocenters. The van der Waals surface area contributed by atoms with Crippen molar-refractivity contribution >= 4 is 5.84 Å². The summed E-state index contributed by atoms with van der Waals surface area (Å²) in [5.74, 6) is 0.0283. The number of likely N-dealkylation sites (N-methyl/N-ethyl adjacent to an activating group) is 1. The summed E-state index contributed by atoms with van der Waals surface area (Å²) in [5, 5.41) is 7.44. The number of nitrogens with zero attached hydrogens (tertiary/aromatic N) is 3. The van der Waals surface area contributed by atoms with Gasteiger partial charge in [0.25, 0.3) is 0 Å². The molecule has 0 aromatic carbocycles. The predicted molar refractivity (Wildman–Crippen MR) is 77.2 cm³/mol. The molecular weight excluding hydrogens is 238 g/mol. The average molecular weight is 261 g/mol. The molecule has 0 spiro atoms. The molecule has 2 heterocycles. The van der Waals surface area contributed by atoms with Gasteiger partial charge in [0.15, 0.2) is 0 Å². The number of nitrogens with two attached hydrogens (primary N) is 1. The Morgan fingerprint density at radius 2 is 2.21 bits per heavy atom. The molecule has 0 amide bonds. The minimum atomic E-state index is 0.0283. The number of amidine groups is 1. The Morgan fingerprint density at radius 1 is 1.47 bits per heavy atom. The van der Waals surface area contributed by atoms with Crippen LogP contribution in [0.2, 0.25) is 0 Å². The molecule has 5 nitrogen and oxygen atoms in total. The lowest BCUT2D eigenvalue weighted by Crippen LogP contribution is -2.57. The molecule has 0 aliphatic carbocycles. The molecule has 1 aliphatic heterocycles. The SMILES string of the molecule is CN1CCN(Cc2ccnc(C(=N)N)c2)CC1(C)C. The summed E-state index contributed by atoms with van der Waals surface area (Å²) in [4.78, 5) is 8.94. The average Bonchev–Trinajstić information content (AvgIpc) is 2.34. The summed E-state index contributed by atoms with van der Waals surface area (Å²) in [6.45, 7) is 8.62. The van der Waals surface area contributed by atoms with E-state index in [1.54, 1.807) is 6.20 Å². The van der Waals surface area contributed by atoms with Crippen LogP contribution in [0.15, 0.2) is 18.3 Å². The topological polar surface area (TPSA) is 69.2 Å². The maximum absolute atomic E-state index is 7.44. The lowest BCUT2D eigenvalue weighted by atomic mass is 9.99. The molecule has 0 saturated carbocycles. The molecule has 104 valence electrons. The van der Waals surface area contributed by atoms with Crippen molar-refractivity contribution in [3.63, 3.8) is 0 Å². The maximum atomic E-state index is 7.44. The third-order valence-corrected chi connectivity index (χ3v) is 3.90. The fourth-order valence-electron chi connectivity index (χ4n) is 2.45. The molecular formula is C14H23N5. The highest BCUT2D eigenvalue weighted by molar-refractivity contribution is 5.93. The van der Waals surface area contributed by atoms with Crippen molar-refractivity contribution in [2.75, 3.05) is 26.7 Å². The first kappa shape index (κ1) is 14.0. The number of piperazine rings is 1. The Kier molecular flexibility index (Phi) is 3.87. The number of nitrogens with one attached hydrogen (secondary N) is 1. The molecule has 3 N–H and O–H groups in total. The number of rotatable bonds is 3. The predicted octanol–water partition coefficient (Wildman–Crippen LogP) is 0.892. The van der Waals surface area contributed by atoms with E-state index in [-0.39, 0.29) is 11.4 Å². The summed E-state index contributed by atoms with van der Waals surface area (Å²) in [5.41, 5.74) is 7.41. The minimum absolute atomic E-state index is 0.0283. The zero-order chi connectivity index (χ0) is 14.0. The number of aromatic nitrogens is 1. The van der Waals surface area contributed by atoms with Gasteiger partial charge < -0.3 is 5.73 Å². The second kappa shape index (κ2) is 5.27. The fourth-order valence-corrected chi connectivity index (χ4v) is 2.45. The van der Waals surface area contributed by atoms with Gasteiger partial charge >= 0.3 is 0 Å². The van der Waals surface area contributed by atoms with Crippen LogP contribution in [0.4, 0.5) is 0 Å². The standard InChI is InChI=1S/C14H23N5/c1-14(2)10-19(7-6-18(14)3)9-11-4-5-17-12(8-11)13(15)16/h4-5,8H,6-7,9-10H2,1-3H3,(H3,15,16). The Hall–Kier alpha value is -1.46. The Labute approximate surface area is 114 Å². The van der Waals surface area contributed by atoms with E-state index in [9.17, 15) is 0 Å². The van der Waals surface area contributed by atoms with Crippen LogP contribution in [-0.4, -0.2) is 52.8 Å². The van der Waals surface area contributed by atoms with E-state index >= 15 is 0 Å². The fraction of sp³-hybridized carbons (Fsp3) is 0.571. The third-order valence-electron chi connectivity index (χ3n) is 3.90. The van der Waals surface area contributed by atoms with Crippen LogP contribution in [0.5, 0.6) is 0 Å². The van der Waals surface area contributed by atoms with Crippen LogP contribution in [0, 0.1) is 5.41 Å². The number of pyridine rings is 1. The van der Waals surface area contributed by atoms with Gasteiger partial charge in [0, 0.05) is 37.9 Å². The van der Waals surface area contributed by atoms with E-state index < -0.39 is 0 Å². The molecule has 2 rings (SSSR count). The van der Waals surface area contributed by atoms with Crippen molar-refractivity contribution in [2.45, 2.75) is 25.9 Å². The zero-order valence-corrected chi connectivity index (χ0v) is 12.0. The Bertz CT molecular complexity index is 469. The molecule has 1 saturated heterocycles. The van der Waals surface area contributed by atoms with Crippen molar-refractivity contribution in [2.24, 2.45) is 5.73 Å². The van der Waals surface area contributed by atoms with Crippen LogP contribution < -0.4 is 5.73 Å². The van der Waals surface area contributed by atoms with Crippen LogP contribution in [0.1, 0.15) is 25.1 Å². The molecule has 1 aromatic heterocycles. The largest absolute Gasteiger partial charge is 0.382 e. The van der Waals surface area contributed by atoms with Crippen LogP contribution in [0.3, 0.4) is 0 Å². The second-order valence-electron chi connectivity index (χ2n) is 5.91.